The van der Waals surface area contributed by atoms with Crippen LogP contribution in [0.15, 0.2) is 30.3 Å². The van der Waals surface area contributed by atoms with Crippen molar-refractivity contribution in [3.05, 3.63) is 40.4 Å². The average molecular weight is 404 g/mol. The Morgan fingerprint density at radius 2 is 1.89 bits per heavy atom. The first kappa shape index (κ1) is 20.1. The molecule has 0 spiro atoms. The van der Waals surface area contributed by atoms with E-state index in [0.717, 1.165) is 59.9 Å². The zero-order chi connectivity index (χ0) is 19.2. The molecule has 4 nitrogen and oxygen atoms in total. The van der Waals surface area contributed by atoms with Gasteiger partial charge in [0, 0.05) is 22.0 Å². The van der Waals surface area contributed by atoms with Gasteiger partial charge in [0.2, 0.25) is 0 Å². The van der Waals surface area contributed by atoms with Crippen molar-refractivity contribution in [1.82, 2.24) is 15.2 Å². The van der Waals surface area contributed by atoms with E-state index in [2.05, 4.69) is 29.0 Å². The van der Waals surface area contributed by atoms with E-state index in [9.17, 15) is 4.79 Å². The van der Waals surface area contributed by atoms with Gasteiger partial charge in [-0.05, 0) is 51.0 Å². The van der Waals surface area contributed by atoms with Crippen LogP contribution in [0.3, 0.4) is 0 Å². The van der Waals surface area contributed by atoms with Crippen molar-refractivity contribution in [3.8, 4) is 0 Å². The van der Waals surface area contributed by atoms with Crippen LogP contribution in [0, 0.1) is 0 Å². The van der Waals surface area contributed by atoms with Gasteiger partial charge in [-0.15, -0.1) is 11.3 Å². The van der Waals surface area contributed by atoms with Crippen molar-refractivity contribution in [2.75, 3.05) is 26.2 Å². The number of nitrogens with one attached hydrogen (secondary N) is 1. The SMILES string of the molecule is CCCN(CCC)CCCNC(=O)c1cc2c(Cl)nc3ccccc3c2s1. The van der Waals surface area contributed by atoms with Crippen LogP contribution < -0.4 is 5.32 Å². The van der Waals surface area contributed by atoms with Crippen molar-refractivity contribution in [2.45, 2.75) is 33.1 Å². The molecule has 27 heavy (non-hydrogen) atoms. The number of hydrogen-bond acceptors (Lipinski definition) is 4. The second kappa shape index (κ2) is 9.49. The number of thiophene rings is 1. The number of pyridine rings is 1. The number of amides is 1. The summed E-state index contributed by atoms with van der Waals surface area (Å²) in [5.74, 6) is -0.0334. The van der Waals surface area contributed by atoms with Gasteiger partial charge in [0.15, 0.2) is 0 Å². The maximum absolute atomic E-state index is 12.6. The van der Waals surface area contributed by atoms with Crippen LogP contribution in [0.2, 0.25) is 5.15 Å². The molecule has 0 aliphatic rings. The highest BCUT2D eigenvalue weighted by Gasteiger charge is 2.15. The molecule has 0 atom stereocenters. The second-order valence-electron chi connectivity index (χ2n) is 6.72. The smallest absolute Gasteiger partial charge is 0.261 e. The Morgan fingerprint density at radius 3 is 2.63 bits per heavy atom. The molecular weight excluding hydrogens is 378 g/mol. The van der Waals surface area contributed by atoms with Gasteiger partial charge in [0.25, 0.3) is 5.91 Å². The van der Waals surface area contributed by atoms with Crippen molar-refractivity contribution < 1.29 is 4.79 Å². The largest absolute Gasteiger partial charge is 0.351 e. The Bertz CT molecular complexity index is 918. The molecule has 0 radical (unpaired) electrons. The van der Waals surface area contributed by atoms with Gasteiger partial charge in [-0.2, -0.15) is 0 Å². The molecule has 2 heterocycles. The van der Waals surface area contributed by atoms with E-state index >= 15 is 0 Å². The van der Waals surface area contributed by atoms with Gasteiger partial charge in [0.1, 0.15) is 5.15 Å². The number of benzene rings is 1. The zero-order valence-electron chi connectivity index (χ0n) is 15.9. The lowest BCUT2D eigenvalue weighted by Crippen LogP contribution is -2.30. The van der Waals surface area contributed by atoms with E-state index in [-0.39, 0.29) is 5.91 Å². The van der Waals surface area contributed by atoms with Crippen LogP contribution in [-0.2, 0) is 0 Å². The minimum absolute atomic E-state index is 0.0334. The van der Waals surface area contributed by atoms with Crippen LogP contribution in [0.25, 0.3) is 21.0 Å². The molecule has 0 fully saturated rings. The predicted octanol–water partition coefficient (Wildman–Crippen LogP) is 5.34. The molecule has 0 aliphatic heterocycles. The summed E-state index contributed by atoms with van der Waals surface area (Å²) in [7, 11) is 0. The van der Waals surface area contributed by atoms with Gasteiger partial charge < -0.3 is 10.2 Å². The second-order valence-corrected chi connectivity index (χ2v) is 8.13. The van der Waals surface area contributed by atoms with E-state index in [1.807, 2.05) is 30.3 Å². The van der Waals surface area contributed by atoms with E-state index < -0.39 is 0 Å². The topological polar surface area (TPSA) is 45.2 Å². The number of halogens is 1. The molecule has 0 saturated heterocycles. The Hall–Kier alpha value is -1.69. The summed E-state index contributed by atoms with van der Waals surface area (Å²) in [4.78, 5) is 20.2. The highest BCUT2D eigenvalue weighted by molar-refractivity contribution is 7.21. The lowest BCUT2D eigenvalue weighted by atomic mass is 10.2. The number of aromatic nitrogens is 1. The molecule has 0 aliphatic carbocycles. The van der Waals surface area contributed by atoms with E-state index in [1.54, 1.807) is 0 Å². The fourth-order valence-corrected chi connectivity index (χ4v) is 4.75. The Morgan fingerprint density at radius 1 is 1.15 bits per heavy atom. The van der Waals surface area contributed by atoms with E-state index in [0.29, 0.717) is 16.6 Å². The number of nitrogens with zero attached hydrogens (tertiary/aromatic N) is 2. The molecule has 6 heteroatoms. The Kier molecular flexibility index (Phi) is 7.05. The van der Waals surface area contributed by atoms with E-state index in [4.69, 9.17) is 11.6 Å². The summed E-state index contributed by atoms with van der Waals surface area (Å²) in [6, 6.07) is 9.75. The molecule has 0 bridgehead atoms. The molecule has 3 rings (SSSR count). The molecular formula is C21H26ClN3OS. The van der Waals surface area contributed by atoms with Crippen LogP contribution in [-0.4, -0.2) is 42.0 Å². The van der Waals surface area contributed by atoms with Crippen molar-refractivity contribution in [3.63, 3.8) is 0 Å². The standard InChI is InChI=1S/C21H26ClN3OS/c1-3-11-25(12-4-2)13-7-10-23-21(26)18-14-16-19(27-18)15-8-5-6-9-17(15)24-20(16)22/h5-6,8-9,14H,3-4,7,10-13H2,1-2H3,(H,23,26). The quantitative estimate of drug-likeness (QED) is 0.387. The summed E-state index contributed by atoms with van der Waals surface area (Å²) < 4.78 is 1.02. The minimum atomic E-state index is -0.0334. The summed E-state index contributed by atoms with van der Waals surface area (Å²) in [6.07, 6.45) is 3.29. The number of carbonyl (C=O) groups excluding carboxylic acids is 1. The van der Waals surface area contributed by atoms with E-state index in [1.165, 1.54) is 11.3 Å². The third kappa shape index (κ3) is 4.78. The first-order chi connectivity index (χ1) is 13.1. The first-order valence-electron chi connectivity index (χ1n) is 9.62. The Balaban J connectivity index is 1.66. The van der Waals surface area contributed by atoms with Gasteiger partial charge in [0.05, 0.1) is 10.4 Å². The summed E-state index contributed by atoms with van der Waals surface area (Å²) in [6.45, 7) is 8.36. The monoisotopic (exact) mass is 403 g/mol. The molecule has 3 aromatic rings. The molecule has 1 N–H and O–H groups in total. The lowest BCUT2D eigenvalue weighted by Gasteiger charge is -2.20. The number of fused-ring (bicyclic) bond motifs is 3. The first-order valence-corrected chi connectivity index (χ1v) is 10.8. The number of rotatable bonds is 9. The van der Waals surface area contributed by atoms with Crippen LogP contribution in [0.5, 0.6) is 0 Å². The van der Waals surface area contributed by atoms with Gasteiger partial charge in [-0.25, -0.2) is 4.98 Å². The molecule has 0 saturated carbocycles. The zero-order valence-corrected chi connectivity index (χ0v) is 17.5. The number of hydrogen-bond donors (Lipinski definition) is 1. The fourth-order valence-electron chi connectivity index (χ4n) is 3.34. The van der Waals surface area contributed by atoms with Crippen molar-refractivity contribution in [1.29, 1.82) is 0 Å². The maximum Gasteiger partial charge on any atom is 0.261 e. The van der Waals surface area contributed by atoms with Crippen molar-refractivity contribution >= 4 is 49.8 Å². The fraction of sp³-hybridized carbons (Fsp3) is 0.429. The van der Waals surface area contributed by atoms with Crippen LogP contribution in [0.4, 0.5) is 0 Å². The highest BCUT2D eigenvalue weighted by Crippen LogP contribution is 2.35. The predicted molar refractivity (Wildman–Crippen MR) is 116 cm³/mol. The molecule has 1 amide bonds. The summed E-state index contributed by atoms with van der Waals surface area (Å²) >= 11 is 7.82. The number of carbonyl (C=O) groups is 1. The molecule has 1 aromatic carbocycles. The van der Waals surface area contributed by atoms with Crippen LogP contribution >= 0.6 is 22.9 Å². The molecule has 2 aromatic heterocycles. The molecule has 144 valence electrons. The van der Waals surface area contributed by atoms with Crippen molar-refractivity contribution in [2.24, 2.45) is 0 Å². The van der Waals surface area contributed by atoms with Gasteiger partial charge >= 0.3 is 0 Å². The minimum Gasteiger partial charge on any atom is -0.351 e. The normalized spacial score (nSPS) is 11.6. The third-order valence-electron chi connectivity index (χ3n) is 4.56. The van der Waals surface area contributed by atoms with Crippen LogP contribution in [0.1, 0.15) is 42.8 Å². The summed E-state index contributed by atoms with van der Waals surface area (Å²) in [5, 5.41) is 5.39. The number of para-hydroxylation sites is 1. The van der Waals surface area contributed by atoms with Gasteiger partial charge in [-0.1, -0.05) is 43.6 Å². The van der Waals surface area contributed by atoms with Gasteiger partial charge in [-0.3, -0.25) is 4.79 Å². The maximum atomic E-state index is 12.6. The Labute approximate surface area is 169 Å². The molecule has 0 unspecified atom stereocenters. The average Bonchev–Trinajstić information content (AvgIpc) is 3.12. The summed E-state index contributed by atoms with van der Waals surface area (Å²) in [5.41, 5.74) is 0.857. The highest BCUT2D eigenvalue weighted by atomic mass is 35.5. The third-order valence-corrected chi connectivity index (χ3v) is 6.02. The lowest BCUT2D eigenvalue weighted by molar-refractivity contribution is 0.0955.